The maximum Gasteiger partial charge on any atom is 0.250 e. The summed E-state index contributed by atoms with van der Waals surface area (Å²) in [7, 11) is 0. The third kappa shape index (κ3) is 1.87. The Hall–Kier alpha value is -1.38. The monoisotopic (exact) mass is 205 g/mol. The molecule has 0 fully saturated rings. The quantitative estimate of drug-likeness (QED) is 0.655. The molecule has 0 aliphatic carbocycles. The fourth-order valence-corrected chi connectivity index (χ4v) is 2.19. The zero-order chi connectivity index (χ0) is 10.8. The van der Waals surface area contributed by atoms with Gasteiger partial charge in [-0.2, -0.15) is 0 Å². The second-order valence-corrected chi connectivity index (χ2v) is 4.05. The van der Waals surface area contributed by atoms with Gasteiger partial charge in [0.05, 0.1) is 0 Å². The van der Waals surface area contributed by atoms with E-state index in [9.17, 15) is 9.59 Å². The Balaban J connectivity index is 2.61. The van der Waals surface area contributed by atoms with E-state index in [1.807, 2.05) is 0 Å². The zero-order valence-corrected chi connectivity index (χ0v) is 8.95. The molecule has 15 heavy (non-hydrogen) atoms. The minimum absolute atomic E-state index is 0.0249. The summed E-state index contributed by atoms with van der Waals surface area (Å²) in [5.41, 5.74) is 1.68. The molecule has 2 rings (SSSR count). The van der Waals surface area contributed by atoms with Gasteiger partial charge in [-0.1, -0.05) is 6.42 Å². The van der Waals surface area contributed by atoms with Crippen LogP contribution in [0.5, 0.6) is 0 Å². The summed E-state index contributed by atoms with van der Waals surface area (Å²) >= 11 is 0. The van der Waals surface area contributed by atoms with Crippen molar-refractivity contribution in [3.8, 4) is 0 Å². The zero-order valence-electron chi connectivity index (χ0n) is 8.95. The fraction of sp³-hybridized carbons (Fsp3) is 0.500. The molecule has 80 valence electrons. The van der Waals surface area contributed by atoms with Crippen molar-refractivity contribution in [1.82, 2.24) is 4.57 Å². The minimum Gasteiger partial charge on any atom is -0.312 e. The topological polar surface area (TPSA) is 39.1 Å². The summed E-state index contributed by atoms with van der Waals surface area (Å²) in [5, 5.41) is 0. The van der Waals surface area contributed by atoms with Crippen LogP contribution < -0.4 is 5.56 Å². The van der Waals surface area contributed by atoms with Gasteiger partial charge < -0.3 is 4.57 Å². The van der Waals surface area contributed by atoms with Gasteiger partial charge in [0.2, 0.25) is 0 Å². The standard InChI is InChI=1S/C12H15NO2/c1-9(14)10-6-7-12(15)13-8-4-2-3-5-11(10)13/h6-7H,2-5,8H2,1H3. The molecule has 0 bridgehead atoms. The lowest BCUT2D eigenvalue weighted by atomic mass is 10.1. The molecule has 0 unspecified atom stereocenters. The maximum atomic E-state index is 11.6. The van der Waals surface area contributed by atoms with Gasteiger partial charge in [0.1, 0.15) is 0 Å². The van der Waals surface area contributed by atoms with Crippen molar-refractivity contribution in [2.45, 2.75) is 39.2 Å². The summed E-state index contributed by atoms with van der Waals surface area (Å²) in [6.07, 6.45) is 4.10. The van der Waals surface area contributed by atoms with Crippen LogP contribution in [-0.4, -0.2) is 10.4 Å². The summed E-state index contributed by atoms with van der Waals surface area (Å²) in [6.45, 7) is 2.32. The number of ketones is 1. The highest BCUT2D eigenvalue weighted by molar-refractivity contribution is 5.95. The van der Waals surface area contributed by atoms with Crippen molar-refractivity contribution in [1.29, 1.82) is 0 Å². The number of fused-ring (bicyclic) bond motifs is 1. The minimum atomic E-state index is 0.0249. The van der Waals surface area contributed by atoms with Gasteiger partial charge in [-0.3, -0.25) is 9.59 Å². The number of pyridine rings is 1. The van der Waals surface area contributed by atoms with Crippen molar-refractivity contribution in [3.05, 3.63) is 33.7 Å². The van der Waals surface area contributed by atoms with Crippen molar-refractivity contribution < 1.29 is 4.79 Å². The molecule has 3 nitrogen and oxygen atoms in total. The molecule has 3 heteroatoms. The molecule has 0 saturated carbocycles. The molecule has 0 spiro atoms. The van der Waals surface area contributed by atoms with E-state index >= 15 is 0 Å². The normalized spacial score (nSPS) is 15.5. The Bertz CT molecular complexity index is 445. The van der Waals surface area contributed by atoms with Crippen LogP contribution >= 0.6 is 0 Å². The van der Waals surface area contributed by atoms with Crippen LogP contribution in [-0.2, 0) is 13.0 Å². The van der Waals surface area contributed by atoms with Crippen LogP contribution in [0.4, 0.5) is 0 Å². The highest BCUT2D eigenvalue weighted by Crippen LogP contribution is 2.16. The highest BCUT2D eigenvalue weighted by Gasteiger charge is 2.15. The van der Waals surface area contributed by atoms with Crippen LogP contribution in [0.15, 0.2) is 16.9 Å². The lowest BCUT2D eigenvalue weighted by Crippen LogP contribution is -2.24. The van der Waals surface area contributed by atoms with Crippen LogP contribution in [0, 0.1) is 0 Å². The average molecular weight is 205 g/mol. The first-order chi connectivity index (χ1) is 7.20. The number of aromatic nitrogens is 1. The molecule has 1 aliphatic heterocycles. The molecule has 0 N–H and O–H groups in total. The van der Waals surface area contributed by atoms with Gasteiger partial charge in [0.25, 0.3) is 5.56 Å². The van der Waals surface area contributed by atoms with E-state index in [4.69, 9.17) is 0 Å². The second kappa shape index (κ2) is 4.01. The molecule has 0 amide bonds. The van der Waals surface area contributed by atoms with Crippen LogP contribution in [0.2, 0.25) is 0 Å². The van der Waals surface area contributed by atoms with E-state index < -0.39 is 0 Å². The SMILES string of the molecule is CC(=O)c1ccc(=O)n2c1CCCCC2. The summed E-state index contributed by atoms with van der Waals surface area (Å²) < 4.78 is 1.77. The van der Waals surface area contributed by atoms with Gasteiger partial charge in [-0.25, -0.2) is 0 Å². The van der Waals surface area contributed by atoms with E-state index in [0.29, 0.717) is 0 Å². The Morgan fingerprint density at radius 2 is 2.07 bits per heavy atom. The lowest BCUT2D eigenvalue weighted by molar-refractivity contribution is 0.101. The number of carbonyl (C=O) groups excluding carboxylic acids is 1. The van der Waals surface area contributed by atoms with Crippen molar-refractivity contribution in [2.24, 2.45) is 0 Å². The number of nitrogens with zero attached hydrogens (tertiary/aromatic N) is 1. The molecule has 2 heterocycles. The average Bonchev–Trinajstić information content (AvgIpc) is 2.43. The van der Waals surface area contributed by atoms with E-state index in [2.05, 4.69) is 0 Å². The van der Waals surface area contributed by atoms with Crippen LogP contribution in [0.3, 0.4) is 0 Å². The lowest BCUT2D eigenvalue weighted by Gasteiger charge is -2.11. The predicted octanol–water partition coefficient (Wildman–Crippen LogP) is 1.78. The molecule has 0 saturated heterocycles. The number of Topliss-reactive ketones (excluding diaryl/α,β-unsaturated/α-hetero) is 1. The van der Waals surface area contributed by atoms with Gasteiger partial charge >= 0.3 is 0 Å². The fourth-order valence-electron chi connectivity index (χ4n) is 2.19. The molecule has 0 atom stereocenters. The van der Waals surface area contributed by atoms with Crippen molar-refractivity contribution in [3.63, 3.8) is 0 Å². The van der Waals surface area contributed by atoms with E-state index in [0.717, 1.165) is 43.5 Å². The summed E-state index contributed by atoms with van der Waals surface area (Å²) in [5.74, 6) is 0.0562. The smallest absolute Gasteiger partial charge is 0.250 e. The van der Waals surface area contributed by atoms with Crippen LogP contribution in [0.1, 0.15) is 42.2 Å². The van der Waals surface area contributed by atoms with E-state index in [-0.39, 0.29) is 11.3 Å². The maximum absolute atomic E-state index is 11.6. The first-order valence-electron chi connectivity index (χ1n) is 5.44. The Morgan fingerprint density at radius 3 is 2.80 bits per heavy atom. The Kier molecular flexibility index (Phi) is 2.71. The second-order valence-electron chi connectivity index (χ2n) is 4.05. The van der Waals surface area contributed by atoms with E-state index in [1.54, 1.807) is 17.6 Å². The Morgan fingerprint density at radius 1 is 1.27 bits per heavy atom. The molecule has 0 radical (unpaired) electrons. The summed E-state index contributed by atoms with van der Waals surface area (Å²) in [6, 6.07) is 3.17. The van der Waals surface area contributed by atoms with Gasteiger partial charge in [-0.05, 0) is 32.3 Å². The number of carbonyl (C=O) groups is 1. The van der Waals surface area contributed by atoms with Gasteiger partial charge in [0, 0.05) is 23.9 Å². The molecule has 1 aliphatic rings. The third-order valence-electron chi connectivity index (χ3n) is 2.97. The van der Waals surface area contributed by atoms with Gasteiger partial charge in [0.15, 0.2) is 5.78 Å². The van der Waals surface area contributed by atoms with E-state index in [1.165, 1.54) is 6.07 Å². The van der Waals surface area contributed by atoms with Crippen molar-refractivity contribution >= 4 is 5.78 Å². The molecule has 0 aromatic carbocycles. The first-order valence-corrected chi connectivity index (χ1v) is 5.44. The predicted molar refractivity (Wildman–Crippen MR) is 58.3 cm³/mol. The largest absolute Gasteiger partial charge is 0.312 e. The highest BCUT2D eigenvalue weighted by atomic mass is 16.1. The number of hydrogen-bond donors (Lipinski definition) is 0. The molecule has 1 aromatic heterocycles. The number of hydrogen-bond acceptors (Lipinski definition) is 2. The first kappa shape index (κ1) is 10.1. The number of rotatable bonds is 1. The molecular formula is C12H15NO2. The van der Waals surface area contributed by atoms with Crippen LogP contribution in [0.25, 0.3) is 0 Å². The summed E-state index contributed by atoms with van der Waals surface area (Å²) in [4.78, 5) is 23.1. The van der Waals surface area contributed by atoms with Crippen molar-refractivity contribution in [2.75, 3.05) is 0 Å². The van der Waals surface area contributed by atoms with Gasteiger partial charge in [-0.15, -0.1) is 0 Å². The molecular weight excluding hydrogens is 190 g/mol. The third-order valence-corrected chi connectivity index (χ3v) is 2.97. The Labute approximate surface area is 88.7 Å². The molecule has 1 aromatic rings.